The molecule has 0 atom stereocenters. The van der Waals surface area contributed by atoms with Gasteiger partial charge >= 0.3 is 0 Å². The predicted molar refractivity (Wildman–Crippen MR) is 83.8 cm³/mol. The van der Waals surface area contributed by atoms with Crippen LogP contribution in [0.3, 0.4) is 0 Å². The van der Waals surface area contributed by atoms with Gasteiger partial charge in [0.25, 0.3) is 0 Å². The second kappa shape index (κ2) is 5.15. The minimum Gasteiger partial charge on any atom is -0.330 e. The molecular weight excluding hydrogens is 270 g/mol. The average Bonchev–Trinajstić information content (AvgIpc) is 2.26. The van der Waals surface area contributed by atoms with Crippen molar-refractivity contribution in [1.82, 2.24) is 0 Å². The van der Waals surface area contributed by atoms with Gasteiger partial charge in [0.1, 0.15) is 9.84 Å². The molecule has 112 valence electrons. The van der Waals surface area contributed by atoms with E-state index in [4.69, 9.17) is 5.73 Å². The van der Waals surface area contributed by atoms with E-state index in [2.05, 4.69) is 24.3 Å². The van der Waals surface area contributed by atoms with Crippen LogP contribution in [0.4, 0.5) is 0 Å². The third kappa shape index (κ3) is 3.07. The lowest BCUT2D eigenvalue weighted by Gasteiger charge is -2.41. The summed E-state index contributed by atoms with van der Waals surface area (Å²) in [5.41, 5.74) is 8.10. The van der Waals surface area contributed by atoms with E-state index < -0.39 is 9.84 Å². The Labute approximate surface area is 122 Å². The molecule has 0 bridgehead atoms. The average molecular weight is 295 g/mol. The fraction of sp³-hybridized carbons (Fsp3) is 0.625. The van der Waals surface area contributed by atoms with Gasteiger partial charge in [0.2, 0.25) is 0 Å². The fourth-order valence-electron chi connectivity index (χ4n) is 3.23. The summed E-state index contributed by atoms with van der Waals surface area (Å²) >= 11 is 0. The molecular formula is C16H25NO2S. The summed E-state index contributed by atoms with van der Waals surface area (Å²) in [5.74, 6) is 0.168. The van der Waals surface area contributed by atoms with E-state index in [1.807, 2.05) is 13.8 Å². The number of sulfone groups is 1. The lowest BCUT2D eigenvalue weighted by Crippen LogP contribution is -2.41. The molecule has 1 aliphatic rings. The van der Waals surface area contributed by atoms with Crippen LogP contribution in [0.1, 0.15) is 44.2 Å². The molecule has 20 heavy (non-hydrogen) atoms. The van der Waals surface area contributed by atoms with E-state index in [0.29, 0.717) is 6.54 Å². The van der Waals surface area contributed by atoms with Crippen molar-refractivity contribution in [2.75, 3.05) is 18.6 Å². The van der Waals surface area contributed by atoms with Crippen molar-refractivity contribution in [2.45, 2.75) is 43.9 Å². The fourth-order valence-corrected chi connectivity index (χ4v) is 4.71. The molecule has 0 radical (unpaired) electrons. The summed E-state index contributed by atoms with van der Waals surface area (Å²) < 4.78 is 23.1. The Morgan fingerprint density at radius 2 is 1.75 bits per heavy atom. The van der Waals surface area contributed by atoms with Crippen molar-refractivity contribution in [3.63, 3.8) is 0 Å². The van der Waals surface area contributed by atoms with Gasteiger partial charge in [0.05, 0.1) is 5.75 Å². The molecule has 1 aliphatic carbocycles. The zero-order chi connectivity index (χ0) is 15.0. The Balaban J connectivity index is 2.24. The summed E-state index contributed by atoms with van der Waals surface area (Å²) in [4.78, 5) is 0. The second-order valence-electron chi connectivity index (χ2n) is 6.87. The predicted octanol–water partition coefficient (Wildman–Crippen LogP) is 2.39. The van der Waals surface area contributed by atoms with Gasteiger partial charge in [-0.2, -0.15) is 0 Å². The monoisotopic (exact) mass is 295 g/mol. The molecule has 1 saturated carbocycles. The standard InChI is InChI=1S/C16H25NO2S/c1-15(2,12-20(3,18)19)13-5-7-14(8-6-13)16(11-17)9-4-10-16/h5-8H,4,9-12,17H2,1-3H3. The zero-order valence-corrected chi connectivity index (χ0v) is 13.5. The zero-order valence-electron chi connectivity index (χ0n) is 12.6. The van der Waals surface area contributed by atoms with Crippen LogP contribution < -0.4 is 5.73 Å². The van der Waals surface area contributed by atoms with Crippen LogP contribution in [0.25, 0.3) is 0 Å². The van der Waals surface area contributed by atoms with Crippen molar-refractivity contribution < 1.29 is 8.42 Å². The Morgan fingerprint density at radius 3 is 2.10 bits per heavy atom. The molecule has 2 N–H and O–H groups in total. The first-order valence-electron chi connectivity index (χ1n) is 7.17. The highest BCUT2D eigenvalue weighted by molar-refractivity contribution is 7.90. The Kier molecular flexibility index (Phi) is 4.00. The van der Waals surface area contributed by atoms with Gasteiger partial charge in [0, 0.05) is 23.6 Å². The maximum Gasteiger partial charge on any atom is 0.148 e. The number of hydrogen-bond donors (Lipinski definition) is 1. The third-order valence-corrected chi connectivity index (χ3v) is 5.85. The first-order valence-corrected chi connectivity index (χ1v) is 9.23. The highest BCUT2D eigenvalue weighted by Gasteiger charge is 2.37. The SMILES string of the molecule is CC(C)(CS(C)(=O)=O)c1ccc(C2(CN)CCC2)cc1. The van der Waals surface area contributed by atoms with E-state index in [-0.39, 0.29) is 16.6 Å². The molecule has 1 fully saturated rings. The summed E-state index contributed by atoms with van der Waals surface area (Å²) in [5, 5.41) is 0. The van der Waals surface area contributed by atoms with Gasteiger partial charge in [-0.25, -0.2) is 8.42 Å². The number of benzene rings is 1. The van der Waals surface area contributed by atoms with Crippen LogP contribution in [0.2, 0.25) is 0 Å². The maximum absolute atomic E-state index is 11.5. The summed E-state index contributed by atoms with van der Waals surface area (Å²) in [7, 11) is -2.99. The van der Waals surface area contributed by atoms with Gasteiger partial charge in [-0.3, -0.25) is 0 Å². The van der Waals surface area contributed by atoms with Crippen LogP contribution in [0, 0.1) is 0 Å². The Morgan fingerprint density at radius 1 is 1.20 bits per heavy atom. The van der Waals surface area contributed by atoms with Gasteiger partial charge < -0.3 is 5.73 Å². The summed E-state index contributed by atoms with van der Waals surface area (Å²) in [6.07, 6.45) is 4.87. The summed E-state index contributed by atoms with van der Waals surface area (Å²) in [6.45, 7) is 4.65. The Hall–Kier alpha value is -0.870. The van der Waals surface area contributed by atoms with E-state index >= 15 is 0 Å². The molecule has 0 spiro atoms. The Bertz CT molecular complexity index is 563. The van der Waals surface area contributed by atoms with Gasteiger partial charge in [-0.15, -0.1) is 0 Å². The highest BCUT2D eigenvalue weighted by atomic mass is 32.2. The van der Waals surface area contributed by atoms with Crippen molar-refractivity contribution in [3.05, 3.63) is 35.4 Å². The molecule has 1 aromatic rings. The lowest BCUT2D eigenvalue weighted by atomic mass is 9.64. The van der Waals surface area contributed by atoms with E-state index in [9.17, 15) is 8.42 Å². The molecule has 0 saturated heterocycles. The minimum absolute atomic E-state index is 0.166. The van der Waals surface area contributed by atoms with Crippen molar-refractivity contribution in [2.24, 2.45) is 5.73 Å². The van der Waals surface area contributed by atoms with Crippen molar-refractivity contribution >= 4 is 9.84 Å². The number of nitrogens with two attached hydrogens (primary N) is 1. The van der Waals surface area contributed by atoms with E-state index in [1.165, 1.54) is 18.2 Å². The third-order valence-electron chi connectivity index (χ3n) is 4.60. The second-order valence-corrected chi connectivity index (χ2v) is 9.01. The van der Waals surface area contributed by atoms with E-state index in [1.54, 1.807) is 0 Å². The molecule has 0 heterocycles. The topological polar surface area (TPSA) is 60.2 Å². The summed E-state index contributed by atoms with van der Waals surface area (Å²) in [6, 6.07) is 8.39. The van der Waals surface area contributed by atoms with E-state index in [0.717, 1.165) is 18.4 Å². The molecule has 2 rings (SSSR count). The molecule has 0 aromatic heterocycles. The van der Waals surface area contributed by atoms with Crippen LogP contribution in [-0.2, 0) is 20.7 Å². The van der Waals surface area contributed by atoms with Crippen LogP contribution in [0.15, 0.2) is 24.3 Å². The maximum atomic E-state index is 11.5. The number of hydrogen-bond acceptors (Lipinski definition) is 3. The molecule has 1 aromatic carbocycles. The smallest absolute Gasteiger partial charge is 0.148 e. The molecule has 4 heteroatoms. The van der Waals surface area contributed by atoms with Crippen molar-refractivity contribution in [3.8, 4) is 0 Å². The first kappa shape index (κ1) is 15.5. The largest absolute Gasteiger partial charge is 0.330 e. The quantitative estimate of drug-likeness (QED) is 0.907. The van der Waals surface area contributed by atoms with Gasteiger partial charge in [-0.05, 0) is 24.0 Å². The minimum atomic E-state index is -2.99. The molecule has 0 unspecified atom stereocenters. The van der Waals surface area contributed by atoms with Crippen molar-refractivity contribution in [1.29, 1.82) is 0 Å². The van der Waals surface area contributed by atoms with Gasteiger partial charge in [-0.1, -0.05) is 44.5 Å². The molecule has 0 amide bonds. The van der Waals surface area contributed by atoms with Gasteiger partial charge in [0.15, 0.2) is 0 Å². The van der Waals surface area contributed by atoms with Crippen LogP contribution in [-0.4, -0.2) is 27.0 Å². The molecule has 3 nitrogen and oxygen atoms in total. The first-order chi connectivity index (χ1) is 9.19. The highest BCUT2D eigenvalue weighted by Crippen LogP contribution is 2.43. The lowest BCUT2D eigenvalue weighted by molar-refractivity contribution is 0.253. The normalized spacial score (nSPS) is 18.6. The van der Waals surface area contributed by atoms with Crippen LogP contribution >= 0.6 is 0 Å². The number of rotatable bonds is 5. The molecule has 0 aliphatic heterocycles. The van der Waals surface area contributed by atoms with Crippen LogP contribution in [0.5, 0.6) is 0 Å².